The van der Waals surface area contributed by atoms with Crippen LogP contribution in [0.25, 0.3) is 0 Å². The van der Waals surface area contributed by atoms with Gasteiger partial charge in [-0.15, -0.1) is 0 Å². The van der Waals surface area contributed by atoms with Crippen LogP contribution in [0.3, 0.4) is 0 Å². The maximum Gasteiger partial charge on any atom is 0.326 e. The zero-order chi connectivity index (χ0) is 21.0. The third-order valence-corrected chi connectivity index (χ3v) is 4.07. The number of carbonyl (C=O) groups excluding carboxylic acids is 3. The van der Waals surface area contributed by atoms with Gasteiger partial charge in [-0.2, -0.15) is 11.8 Å². The van der Waals surface area contributed by atoms with Gasteiger partial charge in [-0.25, -0.2) is 4.79 Å². The van der Waals surface area contributed by atoms with Gasteiger partial charge >= 0.3 is 11.9 Å². The maximum atomic E-state index is 12.0. The molecule has 0 saturated carbocycles. The first-order valence-corrected chi connectivity index (χ1v) is 9.54. The van der Waals surface area contributed by atoms with Crippen molar-refractivity contribution in [2.75, 3.05) is 18.6 Å². The van der Waals surface area contributed by atoms with E-state index in [0.717, 1.165) is 0 Å². The van der Waals surface area contributed by atoms with Gasteiger partial charge in [0.15, 0.2) is 0 Å². The number of thioether (sulfide) groups is 1. The van der Waals surface area contributed by atoms with Gasteiger partial charge in [-0.05, 0) is 31.8 Å². The molecule has 7 N–H and O–H groups in total. The van der Waals surface area contributed by atoms with Crippen LogP contribution in [0.1, 0.15) is 26.2 Å². The summed E-state index contributed by atoms with van der Waals surface area (Å²) in [4.78, 5) is 57.0. The minimum atomic E-state index is -1.17. The molecule has 3 atom stereocenters. The maximum absolute atomic E-state index is 12.0. The molecule has 12 heteroatoms. The molecule has 0 rings (SSSR count). The number of rotatable bonds is 13. The molecule has 0 aromatic carbocycles. The van der Waals surface area contributed by atoms with E-state index in [0.29, 0.717) is 5.75 Å². The molecule has 0 aliphatic heterocycles. The Morgan fingerprint density at radius 1 is 1.04 bits per heavy atom. The third-order valence-electron chi connectivity index (χ3n) is 3.43. The lowest BCUT2D eigenvalue weighted by Gasteiger charge is -2.19. The minimum absolute atomic E-state index is 0.0752. The van der Waals surface area contributed by atoms with Gasteiger partial charge in [0.2, 0.25) is 17.7 Å². The number of carboxylic acid groups (broad SMARTS) is 2. The van der Waals surface area contributed by atoms with E-state index in [1.54, 1.807) is 0 Å². The molecule has 154 valence electrons. The van der Waals surface area contributed by atoms with Crippen LogP contribution in [0.2, 0.25) is 0 Å². The number of nitrogens with two attached hydrogens (primary N) is 1. The van der Waals surface area contributed by atoms with Gasteiger partial charge in [0.05, 0.1) is 12.6 Å². The van der Waals surface area contributed by atoms with Crippen LogP contribution in [0.5, 0.6) is 0 Å². The fourth-order valence-electron chi connectivity index (χ4n) is 1.86. The Hall–Kier alpha value is -2.34. The number of aliphatic carboxylic acids is 2. The van der Waals surface area contributed by atoms with Crippen LogP contribution < -0.4 is 21.7 Å². The van der Waals surface area contributed by atoms with Gasteiger partial charge in [-0.3, -0.25) is 19.2 Å². The van der Waals surface area contributed by atoms with Gasteiger partial charge in [0.25, 0.3) is 0 Å². The lowest BCUT2D eigenvalue weighted by Crippen LogP contribution is -2.52. The highest BCUT2D eigenvalue weighted by Gasteiger charge is 2.24. The highest BCUT2D eigenvalue weighted by molar-refractivity contribution is 7.98. The molecular formula is C15H26N4O7S. The molecule has 0 aliphatic carbocycles. The quantitative estimate of drug-likeness (QED) is 0.203. The highest BCUT2D eigenvalue weighted by Crippen LogP contribution is 2.01. The molecule has 11 nitrogen and oxygen atoms in total. The molecule has 0 saturated heterocycles. The van der Waals surface area contributed by atoms with Gasteiger partial charge in [-0.1, -0.05) is 0 Å². The summed E-state index contributed by atoms with van der Waals surface area (Å²) in [5.74, 6) is -3.74. The molecular weight excluding hydrogens is 380 g/mol. The Labute approximate surface area is 160 Å². The number of carbonyl (C=O) groups is 5. The van der Waals surface area contributed by atoms with Crippen molar-refractivity contribution in [1.29, 1.82) is 0 Å². The normalized spacial score (nSPS) is 13.7. The van der Waals surface area contributed by atoms with Crippen molar-refractivity contribution in [2.45, 2.75) is 44.3 Å². The molecule has 0 bridgehead atoms. The number of carboxylic acids is 2. The standard InChI is InChI=1S/C15H26N4O7S/c1-8(13(23)19-10(15(25)26)5-6-27-2)18-11(20)7-17-14(24)9(16)3-4-12(21)22/h8-10H,3-7,16H2,1-2H3,(H,17,24)(H,18,20)(H,19,23)(H,21,22)(H,25,26). The minimum Gasteiger partial charge on any atom is -0.481 e. The van der Waals surface area contributed by atoms with Crippen molar-refractivity contribution in [2.24, 2.45) is 5.73 Å². The van der Waals surface area contributed by atoms with Crippen molar-refractivity contribution in [3.8, 4) is 0 Å². The summed E-state index contributed by atoms with van der Waals surface area (Å²) in [6, 6.07) is -3.13. The lowest BCUT2D eigenvalue weighted by atomic mass is 10.1. The molecule has 27 heavy (non-hydrogen) atoms. The van der Waals surface area contributed by atoms with Gasteiger partial charge in [0.1, 0.15) is 12.1 Å². The van der Waals surface area contributed by atoms with Crippen molar-refractivity contribution < 1.29 is 34.2 Å². The first kappa shape index (κ1) is 24.7. The predicted octanol–water partition coefficient (Wildman–Crippen LogP) is -1.88. The Balaban J connectivity index is 4.35. The Bertz CT molecular complexity index is 558. The first-order valence-electron chi connectivity index (χ1n) is 8.15. The number of hydrogen-bond acceptors (Lipinski definition) is 7. The molecule has 0 fully saturated rings. The first-order chi connectivity index (χ1) is 12.6. The van der Waals surface area contributed by atoms with E-state index < -0.39 is 54.3 Å². The topological polar surface area (TPSA) is 188 Å². The fraction of sp³-hybridized carbons (Fsp3) is 0.667. The second kappa shape index (κ2) is 12.9. The summed E-state index contributed by atoms with van der Waals surface area (Å²) in [5.41, 5.74) is 5.50. The van der Waals surface area contributed by atoms with Crippen molar-refractivity contribution in [3.05, 3.63) is 0 Å². The molecule has 0 aromatic heterocycles. The molecule has 0 spiro atoms. The van der Waals surface area contributed by atoms with E-state index >= 15 is 0 Å². The summed E-state index contributed by atoms with van der Waals surface area (Å²) in [6.07, 6.45) is 1.70. The van der Waals surface area contributed by atoms with Crippen molar-refractivity contribution >= 4 is 41.4 Å². The average molecular weight is 406 g/mol. The second-order valence-electron chi connectivity index (χ2n) is 5.73. The van der Waals surface area contributed by atoms with E-state index in [1.807, 2.05) is 6.26 Å². The van der Waals surface area contributed by atoms with E-state index in [2.05, 4.69) is 16.0 Å². The smallest absolute Gasteiger partial charge is 0.326 e. The van der Waals surface area contributed by atoms with Crippen molar-refractivity contribution in [3.63, 3.8) is 0 Å². The van der Waals surface area contributed by atoms with Gasteiger partial charge < -0.3 is 31.9 Å². The summed E-state index contributed by atoms with van der Waals surface area (Å²) in [5, 5.41) is 24.5. The van der Waals surface area contributed by atoms with E-state index in [9.17, 15) is 24.0 Å². The summed E-state index contributed by atoms with van der Waals surface area (Å²) in [6.45, 7) is 0.924. The van der Waals surface area contributed by atoms with Crippen molar-refractivity contribution in [1.82, 2.24) is 16.0 Å². The fourth-order valence-corrected chi connectivity index (χ4v) is 2.33. The second-order valence-corrected chi connectivity index (χ2v) is 6.71. The summed E-state index contributed by atoms with van der Waals surface area (Å²) < 4.78 is 0. The van der Waals surface area contributed by atoms with Crippen LogP contribution in [0.4, 0.5) is 0 Å². The molecule has 3 amide bonds. The Kier molecular flexibility index (Phi) is 11.8. The monoisotopic (exact) mass is 406 g/mol. The Morgan fingerprint density at radius 2 is 1.67 bits per heavy atom. The molecule has 0 aliphatic rings. The number of nitrogens with one attached hydrogen (secondary N) is 3. The SMILES string of the molecule is CSCCC(NC(=O)C(C)NC(=O)CNC(=O)C(N)CCC(=O)O)C(=O)O. The van der Waals surface area contributed by atoms with Crippen LogP contribution in [-0.2, 0) is 24.0 Å². The largest absolute Gasteiger partial charge is 0.481 e. The Morgan fingerprint density at radius 3 is 2.19 bits per heavy atom. The van der Waals surface area contributed by atoms with Crippen LogP contribution in [0.15, 0.2) is 0 Å². The van der Waals surface area contributed by atoms with E-state index in [-0.39, 0.29) is 19.3 Å². The lowest BCUT2D eigenvalue weighted by molar-refractivity contribution is -0.142. The summed E-state index contributed by atoms with van der Waals surface area (Å²) in [7, 11) is 0. The van der Waals surface area contributed by atoms with Crippen LogP contribution in [-0.4, -0.2) is 76.6 Å². The van der Waals surface area contributed by atoms with E-state index in [1.165, 1.54) is 18.7 Å². The zero-order valence-electron chi connectivity index (χ0n) is 15.2. The number of hydrogen-bond donors (Lipinski definition) is 6. The zero-order valence-corrected chi connectivity index (χ0v) is 16.0. The van der Waals surface area contributed by atoms with Crippen LogP contribution in [0, 0.1) is 0 Å². The molecule has 3 unspecified atom stereocenters. The number of amides is 3. The van der Waals surface area contributed by atoms with Crippen LogP contribution >= 0.6 is 11.8 Å². The predicted molar refractivity (Wildman–Crippen MR) is 98.0 cm³/mol. The molecule has 0 radical (unpaired) electrons. The van der Waals surface area contributed by atoms with Gasteiger partial charge in [0, 0.05) is 6.42 Å². The molecule has 0 heterocycles. The van der Waals surface area contributed by atoms with E-state index in [4.69, 9.17) is 15.9 Å². The third kappa shape index (κ3) is 11.1. The average Bonchev–Trinajstić information content (AvgIpc) is 2.60. The highest BCUT2D eigenvalue weighted by atomic mass is 32.2. The molecule has 0 aromatic rings. The summed E-state index contributed by atoms with van der Waals surface area (Å²) >= 11 is 1.44.